The van der Waals surface area contributed by atoms with Gasteiger partial charge in [-0.15, -0.1) is 0 Å². The Hall–Kier alpha value is -3.73. The van der Waals surface area contributed by atoms with Crippen molar-refractivity contribution in [3.8, 4) is 11.1 Å². The fraction of sp³-hybridized carbons (Fsp3) is 0.160. The zero-order valence-corrected chi connectivity index (χ0v) is 16.7. The molecular formula is C25H23NO4. The van der Waals surface area contributed by atoms with Gasteiger partial charge in [0, 0.05) is 12.0 Å². The highest BCUT2D eigenvalue weighted by molar-refractivity contribution is 6.36. The molecule has 5 nitrogen and oxygen atoms in total. The van der Waals surface area contributed by atoms with E-state index in [1.54, 1.807) is 19.1 Å². The second-order valence-electron chi connectivity index (χ2n) is 6.71. The number of ketones is 1. The Morgan fingerprint density at radius 2 is 1.43 bits per heavy atom. The highest BCUT2D eigenvalue weighted by Gasteiger charge is 2.29. The summed E-state index contributed by atoms with van der Waals surface area (Å²) >= 11 is 0. The van der Waals surface area contributed by atoms with E-state index in [1.807, 2.05) is 72.8 Å². The van der Waals surface area contributed by atoms with Crippen molar-refractivity contribution in [3.05, 3.63) is 96.1 Å². The van der Waals surface area contributed by atoms with Crippen LogP contribution in [0, 0.1) is 0 Å². The Morgan fingerprint density at radius 1 is 0.833 bits per heavy atom. The molecule has 1 unspecified atom stereocenters. The Bertz CT molecular complexity index is 1020. The summed E-state index contributed by atoms with van der Waals surface area (Å²) < 4.78 is 4.86. The number of carbonyl (C=O) groups is 3. The first kappa shape index (κ1) is 21.0. The number of carbonyl (C=O) groups excluding carboxylic acids is 3. The zero-order valence-electron chi connectivity index (χ0n) is 16.7. The molecule has 1 atom stereocenters. The molecule has 0 radical (unpaired) electrons. The van der Waals surface area contributed by atoms with Gasteiger partial charge in [0.25, 0.3) is 11.7 Å². The fourth-order valence-electron chi connectivity index (χ4n) is 3.19. The van der Waals surface area contributed by atoms with Gasteiger partial charge >= 0.3 is 5.97 Å². The maximum absolute atomic E-state index is 13.1. The van der Waals surface area contributed by atoms with Gasteiger partial charge in [-0.25, -0.2) is 4.79 Å². The molecule has 0 bridgehead atoms. The summed E-state index contributed by atoms with van der Waals surface area (Å²) in [6.45, 7) is 1.72. The van der Waals surface area contributed by atoms with Crippen LogP contribution in [0.15, 0.2) is 84.9 Å². The number of rotatable bonds is 8. The molecule has 0 heterocycles. The van der Waals surface area contributed by atoms with Crippen molar-refractivity contribution in [2.45, 2.75) is 19.4 Å². The molecule has 1 N–H and O–H groups in total. The van der Waals surface area contributed by atoms with Crippen LogP contribution in [-0.4, -0.2) is 30.3 Å². The number of esters is 1. The predicted molar refractivity (Wildman–Crippen MR) is 115 cm³/mol. The van der Waals surface area contributed by atoms with Gasteiger partial charge in [0.15, 0.2) is 0 Å². The van der Waals surface area contributed by atoms with Gasteiger partial charge in [0.1, 0.15) is 6.04 Å². The number of nitrogens with one attached hydrogen (secondary N) is 1. The molecule has 0 aliphatic rings. The second kappa shape index (κ2) is 10.2. The number of Topliss-reactive ketones (excluding diaryl/α,β-unsaturated/α-hetero) is 1. The number of amides is 1. The SMILES string of the molecule is CCOC(=O)C(=O)C(Cc1ccccc1)NC(=O)c1ccccc1-c1ccccc1. The first-order chi connectivity index (χ1) is 14.6. The molecule has 3 aromatic carbocycles. The van der Waals surface area contributed by atoms with E-state index in [-0.39, 0.29) is 13.0 Å². The monoisotopic (exact) mass is 401 g/mol. The fourth-order valence-corrected chi connectivity index (χ4v) is 3.19. The van der Waals surface area contributed by atoms with Crippen LogP contribution in [0.4, 0.5) is 0 Å². The topological polar surface area (TPSA) is 72.5 Å². The van der Waals surface area contributed by atoms with Crippen molar-refractivity contribution in [2.24, 2.45) is 0 Å². The third-order valence-corrected chi connectivity index (χ3v) is 4.64. The first-order valence-corrected chi connectivity index (χ1v) is 9.80. The van der Waals surface area contributed by atoms with Crippen molar-refractivity contribution in [2.75, 3.05) is 6.61 Å². The standard InChI is InChI=1S/C25H23NO4/c1-2-30-25(29)23(27)22(17-18-11-5-3-6-12-18)26-24(28)21-16-10-9-15-20(21)19-13-7-4-8-14-19/h3-16,22H,2,17H2,1H3,(H,26,28). The lowest BCUT2D eigenvalue weighted by Gasteiger charge is -2.18. The lowest BCUT2D eigenvalue weighted by atomic mass is 9.97. The van der Waals surface area contributed by atoms with Gasteiger partial charge in [-0.3, -0.25) is 9.59 Å². The Morgan fingerprint density at radius 3 is 2.10 bits per heavy atom. The van der Waals surface area contributed by atoms with Gasteiger partial charge in [-0.05, 0) is 29.7 Å². The van der Waals surface area contributed by atoms with Gasteiger partial charge < -0.3 is 10.1 Å². The van der Waals surface area contributed by atoms with Crippen LogP contribution in [0.25, 0.3) is 11.1 Å². The molecule has 0 fully saturated rings. The third-order valence-electron chi connectivity index (χ3n) is 4.64. The van der Waals surface area contributed by atoms with Crippen molar-refractivity contribution in [3.63, 3.8) is 0 Å². The highest BCUT2D eigenvalue weighted by Crippen LogP contribution is 2.23. The van der Waals surface area contributed by atoms with Crippen LogP contribution >= 0.6 is 0 Å². The summed E-state index contributed by atoms with van der Waals surface area (Å²) in [5, 5.41) is 2.74. The normalized spacial score (nSPS) is 11.4. The zero-order chi connectivity index (χ0) is 21.3. The third kappa shape index (κ3) is 5.20. The maximum atomic E-state index is 13.1. The van der Waals surface area contributed by atoms with E-state index < -0.39 is 23.7 Å². The van der Waals surface area contributed by atoms with Crippen LogP contribution < -0.4 is 5.32 Å². The highest BCUT2D eigenvalue weighted by atomic mass is 16.5. The largest absolute Gasteiger partial charge is 0.460 e. The molecule has 3 aromatic rings. The minimum absolute atomic E-state index is 0.0907. The summed E-state index contributed by atoms with van der Waals surface area (Å²) in [6, 6.07) is 24.9. The van der Waals surface area contributed by atoms with Crippen LogP contribution in [0.2, 0.25) is 0 Å². The van der Waals surface area contributed by atoms with Gasteiger partial charge in [0.05, 0.1) is 6.61 Å². The van der Waals surface area contributed by atoms with Gasteiger partial charge in [-0.2, -0.15) is 0 Å². The minimum Gasteiger partial charge on any atom is -0.460 e. The number of hydrogen-bond acceptors (Lipinski definition) is 4. The van der Waals surface area contributed by atoms with Crippen molar-refractivity contribution in [1.82, 2.24) is 5.32 Å². The van der Waals surface area contributed by atoms with Crippen molar-refractivity contribution >= 4 is 17.7 Å². The van der Waals surface area contributed by atoms with E-state index in [0.717, 1.165) is 16.7 Å². The van der Waals surface area contributed by atoms with E-state index in [1.165, 1.54) is 0 Å². The predicted octanol–water partition coefficient (Wildman–Crippen LogP) is 3.83. The Kier molecular flexibility index (Phi) is 7.11. The van der Waals surface area contributed by atoms with Crippen molar-refractivity contribution in [1.29, 1.82) is 0 Å². The first-order valence-electron chi connectivity index (χ1n) is 9.80. The smallest absolute Gasteiger partial charge is 0.376 e. The average Bonchev–Trinajstić information content (AvgIpc) is 2.79. The molecule has 5 heteroatoms. The minimum atomic E-state index is -1.03. The lowest BCUT2D eigenvalue weighted by Crippen LogP contribution is -2.46. The molecule has 30 heavy (non-hydrogen) atoms. The average molecular weight is 401 g/mol. The van der Waals surface area contributed by atoms with E-state index in [4.69, 9.17) is 4.74 Å². The van der Waals surface area contributed by atoms with Crippen molar-refractivity contribution < 1.29 is 19.1 Å². The van der Waals surface area contributed by atoms with E-state index >= 15 is 0 Å². The molecule has 152 valence electrons. The molecule has 1 amide bonds. The summed E-state index contributed by atoms with van der Waals surface area (Å²) in [5.74, 6) is -2.14. The summed E-state index contributed by atoms with van der Waals surface area (Å²) in [5.41, 5.74) is 2.90. The summed E-state index contributed by atoms with van der Waals surface area (Å²) in [6.07, 6.45) is 0.192. The summed E-state index contributed by atoms with van der Waals surface area (Å²) in [4.78, 5) is 37.8. The lowest BCUT2D eigenvalue weighted by molar-refractivity contribution is -0.154. The molecular weight excluding hydrogens is 378 g/mol. The number of benzene rings is 3. The summed E-state index contributed by atoms with van der Waals surface area (Å²) in [7, 11) is 0. The molecule has 0 aliphatic carbocycles. The quantitative estimate of drug-likeness (QED) is 0.460. The molecule has 0 saturated carbocycles. The number of ether oxygens (including phenoxy) is 1. The van der Waals surface area contributed by atoms with Crippen LogP contribution in [0.1, 0.15) is 22.8 Å². The molecule has 3 rings (SSSR count). The second-order valence-corrected chi connectivity index (χ2v) is 6.71. The van der Waals surface area contributed by atoms with Crippen LogP contribution in [0.3, 0.4) is 0 Å². The molecule has 0 aromatic heterocycles. The number of hydrogen-bond donors (Lipinski definition) is 1. The Balaban J connectivity index is 1.88. The van der Waals surface area contributed by atoms with Gasteiger partial charge in [-0.1, -0.05) is 78.9 Å². The van der Waals surface area contributed by atoms with E-state index in [2.05, 4.69) is 5.32 Å². The van der Waals surface area contributed by atoms with E-state index in [9.17, 15) is 14.4 Å². The van der Waals surface area contributed by atoms with Crippen LogP contribution in [-0.2, 0) is 20.7 Å². The molecule has 0 saturated heterocycles. The van der Waals surface area contributed by atoms with Gasteiger partial charge in [0.2, 0.25) is 0 Å². The molecule has 0 spiro atoms. The van der Waals surface area contributed by atoms with Crippen LogP contribution in [0.5, 0.6) is 0 Å². The Labute approximate surface area is 175 Å². The van der Waals surface area contributed by atoms with E-state index in [0.29, 0.717) is 5.56 Å². The molecule has 0 aliphatic heterocycles. The maximum Gasteiger partial charge on any atom is 0.376 e.